The molecule has 1 aromatic heterocycles. The average Bonchev–Trinajstić information content (AvgIpc) is 2.68. The molecule has 5 heteroatoms. The Morgan fingerprint density at radius 2 is 1.68 bits per heavy atom. The number of carbonyl (C=O) groups is 1. The second kappa shape index (κ2) is 9.18. The van der Waals surface area contributed by atoms with Crippen molar-refractivity contribution in [1.82, 2.24) is 20.5 Å². The Labute approximate surface area is 149 Å². The molecular weight excluding hydrogens is 312 g/mol. The highest BCUT2D eigenvalue weighted by Crippen LogP contribution is 2.21. The minimum Gasteiger partial charge on any atom is -0.337 e. The molecule has 0 bridgehead atoms. The van der Waals surface area contributed by atoms with Crippen LogP contribution in [0, 0.1) is 0 Å². The van der Waals surface area contributed by atoms with Gasteiger partial charge in [-0.05, 0) is 49.2 Å². The fourth-order valence-electron chi connectivity index (χ4n) is 3.25. The molecule has 1 aliphatic heterocycles. The SMILES string of the molecule is O=C(NCCN1CCCCC1)NC(c1ccccc1)c1ccncc1. The molecule has 1 atom stereocenters. The summed E-state index contributed by atoms with van der Waals surface area (Å²) >= 11 is 0. The van der Waals surface area contributed by atoms with Gasteiger partial charge in [0, 0.05) is 25.5 Å². The number of piperidine rings is 1. The molecule has 0 radical (unpaired) electrons. The van der Waals surface area contributed by atoms with E-state index in [1.165, 1.54) is 19.3 Å². The first-order chi connectivity index (χ1) is 12.3. The molecule has 132 valence electrons. The standard InChI is InChI=1S/C20H26N4O/c25-20(22-13-16-24-14-5-2-6-15-24)23-19(17-7-3-1-4-8-17)18-9-11-21-12-10-18/h1,3-4,7-12,19H,2,5-6,13-16H2,(H2,22,23,25). The second-order valence-electron chi connectivity index (χ2n) is 6.43. The lowest BCUT2D eigenvalue weighted by atomic mass is 10.00. The van der Waals surface area contributed by atoms with Gasteiger partial charge >= 0.3 is 6.03 Å². The van der Waals surface area contributed by atoms with Crippen molar-refractivity contribution in [3.8, 4) is 0 Å². The summed E-state index contributed by atoms with van der Waals surface area (Å²) in [6.07, 6.45) is 7.37. The quantitative estimate of drug-likeness (QED) is 0.851. The molecule has 2 aromatic rings. The second-order valence-corrected chi connectivity index (χ2v) is 6.43. The van der Waals surface area contributed by atoms with Crippen LogP contribution < -0.4 is 10.6 Å². The molecule has 1 aliphatic rings. The van der Waals surface area contributed by atoms with Gasteiger partial charge in [0.05, 0.1) is 6.04 Å². The monoisotopic (exact) mass is 338 g/mol. The van der Waals surface area contributed by atoms with E-state index in [-0.39, 0.29) is 12.1 Å². The fraction of sp³-hybridized carbons (Fsp3) is 0.400. The zero-order valence-electron chi connectivity index (χ0n) is 14.5. The fourth-order valence-corrected chi connectivity index (χ4v) is 3.25. The van der Waals surface area contributed by atoms with Gasteiger partial charge in [0.2, 0.25) is 0 Å². The van der Waals surface area contributed by atoms with E-state index in [0.29, 0.717) is 6.54 Å². The number of urea groups is 1. The largest absolute Gasteiger partial charge is 0.337 e. The van der Waals surface area contributed by atoms with E-state index in [0.717, 1.165) is 30.8 Å². The first-order valence-corrected chi connectivity index (χ1v) is 9.04. The van der Waals surface area contributed by atoms with Crippen LogP contribution in [0.4, 0.5) is 4.79 Å². The van der Waals surface area contributed by atoms with Crippen molar-refractivity contribution in [1.29, 1.82) is 0 Å². The molecule has 0 spiro atoms. The lowest BCUT2D eigenvalue weighted by Crippen LogP contribution is -2.43. The molecule has 25 heavy (non-hydrogen) atoms. The predicted molar refractivity (Wildman–Crippen MR) is 99.3 cm³/mol. The Morgan fingerprint density at radius 3 is 2.40 bits per heavy atom. The number of aromatic nitrogens is 1. The Balaban J connectivity index is 1.57. The third-order valence-corrected chi connectivity index (χ3v) is 4.61. The van der Waals surface area contributed by atoms with Crippen LogP contribution in [0.15, 0.2) is 54.9 Å². The molecule has 1 aromatic carbocycles. The molecule has 5 nitrogen and oxygen atoms in total. The maximum Gasteiger partial charge on any atom is 0.315 e. The Morgan fingerprint density at radius 1 is 1.00 bits per heavy atom. The average molecular weight is 338 g/mol. The number of hydrogen-bond donors (Lipinski definition) is 2. The van der Waals surface area contributed by atoms with Gasteiger partial charge in [0.25, 0.3) is 0 Å². The summed E-state index contributed by atoms with van der Waals surface area (Å²) in [6, 6.07) is 13.6. The van der Waals surface area contributed by atoms with Crippen molar-refractivity contribution in [2.24, 2.45) is 0 Å². The zero-order valence-corrected chi connectivity index (χ0v) is 14.5. The molecule has 0 aliphatic carbocycles. The van der Waals surface area contributed by atoms with Gasteiger partial charge in [-0.15, -0.1) is 0 Å². The molecular formula is C20H26N4O. The number of nitrogens with zero attached hydrogens (tertiary/aromatic N) is 2. The van der Waals surface area contributed by atoms with E-state index in [9.17, 15) is 4.79 Å². The van der Waals surface area contributed by atoms with Gasteiger partial charge in [-0.3, -0.25) is 4.98 Å². The molecule has 1 saturated heterocycles. The summed E-state index contributed by atoms with van der Waals surface area (Å²) in [5.74, 6) is 0. The van der Waals surface area contributed by atoms with Crippen LogP contribution in [0.2, 0.25) is 0 Å². The molecule has 2 amide bonds. The van der Waals surface area contributed by atoms with Crippen molar-refractivity contribution in [3.05, 3.63) is 66.0 Å². The Bertz CT molecular complexity index is 602. The van der Waals surface area contributed by atoms with Gasteiger partial charge in [0.1, 0.15) is 0 Å². The minimum atomic E-state index is -0.181. The number of benzene rings is 1. The molecule has 2 heterocycles. The maximum atomic E-state index is 12.4. The van der Waals surface area contributed by atoms with Crippen molar-refractivity contribution < 1.29 is 4.79 Å². The van der Waals surface area contributed by atoms with Crippen LogP contribution in [-0.2, 0) is 0 Å². The number of amides is 2. The number of rotatable bonds is 6. The molecule has 2 N–H and O–H groups in total. The molecule has 1 unspecified atom stereocenters. The van der Waals surface area contributed by atoms with Gasteiger partial charge < -0.3 is 15.5 Å². The number of pyridine rings is 1. The van der Waals surface area contributed by atoms with Crippen molar-refractivity contribution in [3.63, 3.8) is 0 Å². The van der Waals surface area contributed by atoms with E-state index < -0.39 is 0 Å². The van der Waals surface area contributed by atoms with E-state index in [1.54, 1.807) is 12.4 Å². The number of carbonyl (C=O) groups excluding carboxylic acids is 1. The Kier molecular flexibility index (Phi) is 6.40. The number of nitrogens with one attached hydrogen (secondary N) is 2. The van der Waals surface area contributed by atoms with Gasteiger partial charge in [0.15, 0.2) is 0 Å². The number of hydrogen-bond acceptors (Lipinski definition) is 3. The van der Waals surface area contributed by atoms with E-state index in [2.05, 4.69) is 20.5 Å². The van der Waals surface area contributed by atoms with Crippen molar-refractivity contribution in [2.45, 2.75) is 25.3 Å². The zero-order chi connectivity index (χ0) is 17.3. The first kappa shape index (κ1) is 17.4. The predicted octanol–water partition coefficient (Wildman–Crippen LogP) is 2.96. The van der Waals surface area contributed by atoms with Crippen molar-refractivity contribution in [2.75, 3.05) is 26.2 Å². The van der Waals surface area contributed by atoms with Crippen molar-refractivity contribution >= 4 is 6.03 Å². The first-order valence-electron chi connectivity index (χ1n) is 9.04. The summed E-state index contributed by atoms with van der Waals surface area (Å²) in [5.41, 5.74) is 2.08. The van der Waals surface area contributed by atoms with Crippen LogP contribution in [0.5, 0.6) is 0 Å². The minimum absolute atomic E-state index is 0.136. The lowest BCUT2D eigenvalue weighted by Gasteiger charge is -2.26. The summed E-state index contributed by atoms with van der Waals surface area (Å²) in [7, 11) is 0. The summed E-state index contributed by atoms with van der Waals surface area (Å²) < 4.78 is 0. The van der Waals surface area contributed by atoms with Crippen LogP contribution >= 0.6 is 0 Å². The summed E-state index contributed by atoms with van der Waals surface area (Å²) in [4.78, 5) is 18.9. The smallest absolute Gasteiger partial charge is 0.315 e. The molecule has 3 rings (SSSR count). The molecule has 1 fully saturated rings. The van der Waals surface area contributed by atoms with Crippen LogP contribution in [-0.4, -0.2) is 42.1 Å². The van der Waals surface area contributed by atoms with Crippen LogP contribution in [0.1, 0.15) is 36.4 Å². The van der Waals surface area contributed by atoms with Crippen LogP contribution in [0.3, 0.4) is 0 Å². The van der Waals surface area contributed by atoms with E-state index in [1.807, 2.05) is 42.5 Å². The highest BCUT2D eigenvalue weighted by atomic mass is 16.2. The normalized spacial score (nSPS) is 16.2. The van der Waals surface area contributed by atoms with Crippen LogP contribution in [0.25, 0.3) is 0 Å². The third kappa shape index (κ3) is 5.29. The lowest BCUT2D eigenvalue weighted by molar-refractivity contribution is 0.219. The highest BCUT2D eigenvalue weighted by Gasteiger charge is 2.17. The topological polar surface area (TPSA) is 57.3 Å². The van der Waals surface area contributed by atoms with E-state index >= 15 is 0 Å². The highest BCUT2D eigenvalue weighted by molar-refractivity contribution is 5.75. The van der Waals surface area contributed by atoms with E-state index in [4.69, 9.17) is 0 Å². The number of likely N-dealkylation sites (tertiary alicyclic amines) is 1. The van der Waals surface area contributed by atoms with Gasteiger partial charge in [-0.1, -0.05) is 36.8 Å². The maximum absolute atomic E-state index is 12.4. The van der Waals surface area contributed by atoms with Gasteiger partial charge in [-0.25, -0.2) is 4.79 Å². The van der Waals surface area contributed by atoms with Gasteiger partial charge in [-0.2, -0.15) is 0 Å². The Hall–Kier alpha value is -2.40. The third-order valence-electron chi connectivity index (χ3n) is 4.61. The summed E-state index contributed by atoms with van der Waals surface area (Å²) in [5, 5.41) is 6.08. The molecule has 0 saturated carbocycles. The summed E-state index contributed by atoms with van der Waals surface area (Å²) in [6.45, 7) is 3.88.